The van der Waals surface area contributed by atoms with Gasteiger partial charge < -0.3 is 18.7 Å². The summed E-state index contributed by atoms with van der Waals surface area (Å²) in [6.45, 7) is 0. The molecule has 0 bridgehead atoms. The zero-order valence-electron chi connectivity index (χ0n) is 11.9. The Morgan fingerprint density at radius 3 is 2.55 bits per heavy atom. The third kappa shape index (κ3) is 2.66. The monoisotopic (exact) mass is 309 g/mol. The number of carbonyl (C=O) groups excluding carboxylic acids is 1. The fraction of sp³-hybridized carbons (Fsp3) is 0.250. The summed E-state index contributed by atoms with van der Waals surface area (Å²) in [7, 11) is 3.78. The lowest BCUT2D eigenvalue weighted by Gasteiger charge is -2.08. The predicted molar refractivity (Wildman–Crippen MR) is 70.8 cm³/mol. The Kier molecular flexibility index (Phi) is 4.20. The van der Waals surface area contributed by atoms with E-state index in [0.29, 0.717) is 0 Å². The summed E-state index contributed by atoms with van der Waals surface area (Å²) < 4.78 is 19.4. The minimum atomic E-state index is -0.787. The standard InChI is InChI=1S/C12H11N3O7/c1-19-8-5-6(4-7(15(17)18)9(8)20-2)11-13-10(14-22-11)12(16)21-3/h4-5H,1-3H3. The van der Waals surface area contributed by atoms with E-state index in [1.54, 1.807) is 0 Å². The molecule has 1 aromatic heterocycles. The molecule has 10 nitrogen and oxygen atoms in total. The molecule has 116 valence electrons. The van der Waals surface area contributed by atoms with Crippen LogP contribution in [0.25, 0.3) is 11.5 Å². The van der Waals surface area contributed by atoms with Crippen LogP contribution < -0.4 is 9.47 Å². The summed E-state index contributed by atoms with van der Waals surface area (Å²) >= 11 is 0. The van der Waals surface area contributed by atoms with E-state index >= 15 is 0 Å². The molecule has 0 saturated heterocycles. The first-order chi connectivity index (χ1) is 10.5. The minimum absolute atomic E-state index is 0.0380. The highest BCUT2D eigenvalue weighted by Gasteiger charge is 2.25. The van der Waals surface area contributed by atoms with Gasteiger partial charge in [-0.3, -0.25) is 10.1 Å². The fourth-order valence-electron chi connectivity index (χ4n) is 1.72. The molecule has 0 aliphatic heterocycles. The predicted octanol–water partition coefficient (Wildman–Crippen LogP) is 1.45. The molecule has 0 radical (unpaired) electrons. The molecule has 2 aromatic rings. The number of rotatable bonds is 5. The third-order valence-corrected chi connectivity index (χ3v) is 2.70. The molecular weight excluding hydrogens is 298 g/mol. The summed E-state index contributed by atoms with van der Waals surface area (Å²) in [5.41, 5.74) is -0.137. The van der Waals surface area contributed by atoms with Gasteiger partial charge in [-0.05, 0) is 11.2 Å². The van der Waals surface area contributed by atoms with E-state index in [1.807, 2.05) is 0 Å². The number of nitro groups is 1. The van der Waals surface area contributed by atoms with Gasteiger partial charge in [-0.1, -0.05) is 0 Å². The van der Waals surface area contributed by atoms with Gasteiger partial charge in [0, 0.05) is 6.07 Å². The lowest BCUT2D eigenvalue weighted by atomic mass is 10.1. The van der Waals surface area contributed by atoms with Crippen molar-refractivity contribution in [3.63, 3.8) is 0 Å². The molecule has 0 atom stereocenters. The Hall–Kier alpha value is -3.17. The van der Waals surface area contributed by atoms with Crippen molar-refractivity contribution in [3.05, 3.63) is 28.1 Å². The first kappa shape index (κ1) is 15.2. The molecule has 0 aliphatic carbocycles. The number of hydrogen-bond acceptors (Lipinski definition) is 9. The van der Waals surface area contributed by atoms with Gasteiger partial charge in [-0.25, -0.2) is 4.79 Å². The first-order valence-corrected chi connectivity index (χ1v) is 5.84. The molecule has 2 rings (SSSR count). The van der Waals surface area contributed by atoms with E-state index in [0.717, 1.165) is 0 Å². The Balaban J connectivity index is 2.56. The SMILES string of the molecule is COC(=O)c1noc(-c2cc(OC)c(OC)c([N+](=O)[O-])c2)n1. The number of benzene rings is 1. The van der Waals surface area contributed by atoms with E-state index in [1.165, 1.54) is 33.5 Å². The number of nitrogens with zero attached hydrogens (tertiary/aromatic N) is 3. The van der Waals surface area contributed by atoms with E-state index in [2.05, 4.69) is 14.9 Å². The van der Waals surface area contributed by atoms with Crippen LogP contribution >= 0.6 is 0 Å². The lowest BCUT2D eigenvalue weighted by Crippen LogP contribution is -2.03. The zero-order chi connectivity index (χ0) is 16.3. The van der Waals surface area contributed by atoms with E-state index in [-0.39, 0.29) is 34.5 Å². The van der Waals surface area contributed by atoms with Crippen molar-refractivity contribution < 1.29 is 28.5 Å². The second-order valence-electron chi connectivity index (χ2n) is 3.90. The quantitative estimate of drug-likeness (QED) is 0.458. The Morgan fingerprint density at radius 2 is 2.00 bits per heavy atom. The molecule has 0 fully saturated rings. The molecule has 0 spiro atoms. The summed E-state index contributed by atoms with van der Waals surface area (Å²) in [5.74, 6) is -1.10. The van der Waals surface area contributed by atoms with Crippen LogP contribution in [0, 0.1) is 10.1 Å². The van der Waals surface area contributed by atoms with Crippen LogP contribution in [0.5, 0.6) is 11.5 Å². The molecule has 10 heteroatoms. The van der Waals surface area contributed by atoms with E-state index in [9.17, 15) is 14.9 Å². The van der Waals surface area contributed by atoms with Gasteiger partial charge in [0.05, 0.1) is 31.8 Å². The van der Waals surface area contributed by atoms with Crippen LogP contribution in [-0.4, -0.2) is 42.4 Å². The van der Waals surface area contributed by atoms with Crippen molar-refractivity contribution >= 4 is 11.7 Å². The van der Waals surface area contributed by atoms with Gasteiger partial charge in [0.25, 0.3) is 11.7 Å². The average molecular weight is 309 g/mol. The largest absolute Gasteiger partial charge is 0.493 e. The second-order valence-corrected chi connectivity index (χ2v) is 3.90. The van der Waals surface area contributed by atoms with Gasteiger partial charge in [0.2, 0.25) is 5.75 Å². The molecule has 22 heavy (non-hydrogen) atoms. The number of aromatic nitrogens is 2. The van der Waals surface area contributed by atoms with E-state index < -0.39 is 10.9 Å². The van der Waals surface area contributed by atoms with Crippen LogP contribution in [0.1, 0.15) is 10.6 Å². The molecule has 0 aliphatic rings. The highest BCUT2D eigenvalue weighted by molar-refractivity contribution is 5.85. The smallest absolute Gasteiger partial charge is 0.379 e. The normalized spacial score (nSPS) is 10.1. The summed E-state index contributed by atoms with van der Waals surface area (Å²) in [6, 6.07) is 2.59. The zero-order valence-corrected chi connectivity index (χ0v) is 11.9. The van der Waals surface area contributed by atoms with Crippen molar-refractivity contribution in [2.24, 2.45) is 0 Å². The third-order valence-electron chi connectivity index (χ3n) is 2.70. The maximum atomic E-state index is 11.3. The van der Waals surface area contributed by atoms with Crippen molar-refractivity contribution in [3.8, 4) is 23.0 Å². The highest BCUT2D eigenvalue weighted by Crippen LogP contribution is 2.40. The van der Waals surface area contributed by atoms with Crippen LogP contribution in [0.3, 0.4) is 0 Å². The first-order valence-electron chi connectivity index (χ1n) is 5.84. The molecule has 0 N–H and O–H groups in total. The molecule has 0 unspecified atom stereocenters. The molecule has 0 saturated carbocycles. The van der Waals surface area contributed by atoms with Crippen LogP contribution in [0.2, 0.25) is 0 Å². The maximum absolute atomic E-state index is 11.3. The van der Waals surface area contributed by atoms with Gasteiger partial charge in [0.15, 0.2) is 5.75 Å². The van der Waals surface area contributed by atoms with Gasteiger partial charge in [0.1, 0.15) is 0 Å². The van der Waals surface area contributed by atoms with E-state index in [4.69, 9.17) is 14.0 Å². The fourth-order valence-corrected chi connectivity index (χ4v) is 1.72. The Labute approximate surface area is 123 Å². The maximum Gasteiger partial charge on any atom is 0.379 e. The minimum Gasteiger partial charge on any atom is -0.493 e. The molecule has 0 amide bonds. The number of carbonyl (C=O) groups is 1. The number of ether oxygens (including phenoxy) is 3. The second kappa shape index (κ2) is 6.08. The van der Waals surface area contributed by atoms with Crippen molar-refractivity contribution in [2.75, 3.05) is 21.3 Å². The number of hydrogen-bond donors (Lipinski definition) is 0. The number of esters is 1. The van der Waals surface area contributed by atoms with Crippen molar-refractivity contribution in [1.29, 1.82) is 0 Å². The Morgan fingerprint density at radius 1 is 1.27 bits per heavy atom. The molecule has 1 heterocycles. The summed E-state index contributed by atoms with van der Waals surface area (Å²) in [4.78, 5) is 25.6. The van der Waals surface area contributed by atoms with Crippen molar-refractivity contribution in [2.45, 2.75) is 0 Å². The number of nitro benzene ring substituents is 1. The van der Waals surface area contributed by atoms with Gasteiger partial charge in [-0.15, -0.1) is 0 Å². The van der Waals surface area contributed by atoms with Crippen LogP contribution in [0.15, 0.2) is 16.7 Å². The van der Waals surface area contributed by atoms with Crippen LogP contribution in [0.4, 0.5) is 5.69 Å². The van der Waals surface area contributed by atoms with Crippen LogP contribution in [-0.2, 0) is 4.74 Å². The average Bonchev–Trinajstić information content (AvgIpc) is 3.02. The number of methoxy groups -OCH3 is 3. The summed E-state index contributed by atoms with van der Waals surface area (Å²) in [5, 5.41) is 14.6. The lowest BCUT2D eigenvalue weighted by molar-refractivity contribution is -0.385. The van der Waals surface area contributed by atoms with Gasteiger partial charge in [-0.2, -0.15) is 4.98 Å². The molecular formula is C12H11N3O7. The van der Waals surface area contributed by atoms with Crippen molar-refractivity contribution in [1.82, 2.24) is 10.1 Å². The molecule has 1 aromatic carbocycles. The highest BCUT2D eigenvalue weighted by atomic mass is 16.6. The topological polar surface area (TPSA) is 127 Å². The Bertz CT molecular complexity index is 726. The van der Waals surface area contributed by atoms with Gasteiger partial charge >= 0.3 is 11.7 Å². The summed E-state index contributed by atoms with van der Waals surface area (Å²) in [6.07, 6.45) is 0.